The molecule has 1 fully saturated rings. The van der Waals surface area contributed by atoms with Crippen molar-refractivity contribution in [2.45, 2.75) is 32.2 Å². The molecule has 120 valence electrons. The van der Waals surface area contributed by atoms with Gasteiger partial charge in [-0.2, -0.15) is 0 Å². The molecule has 0 unspecified atom stereocenters. The minimum absolute atomic E-state index is 0.481. The molecule has 0 atom stereocenters. The van der Waals surface area contributed by atoms with E-state index >= 15 is 0 Å². The highest BCUT2D eigenvalue weighted by atomic mass is 14.9. The van der Waals surface area contributed by atoms with Crippen molar-refractivity contribution in [3.63, 3.8) is 0 Å². The molecule has 0 aliphatic heterocycles. The van der Waals surface area contributed by atoms with Crippen molar-refractivity contribution in [2.75, 3.05) is 6.54 Å². The molecule has 0 radical (unpaired) electrons. The summed E-state index contributed by atoms with van der Waals surface area (Å²) in [6.45, 7) is 2.55. The lowest BCUT2D eigenvalue weighted by Crippen LogP contribution is -2.39. The third-order valence-electron chi connectivity index (χ3n) is 4.40. The molecule has 1 aromatic heterocycles. The van der Waals surface area contributed by atoms with Gasteiger partial charge in [-0.1, -0.05) is 12.1 Å². The van der Waals surface area contributed by atoms with Crippen LogP contribution in [0.15, 0.2) is 36.7 Å². The Bertz CT molecular complexity index is 731. The van der Waals surface area contributed by atoms with Crippen LogP contribution in [0.5, 0.6) is 0 Å². The smallest absolute Gasteiger partial charge is 0.0925 e. The summed E-state index contributed by atoms with van der Waals surface area (Å²) >= 11 is 0. The molecule has 4 N–H and O–H groups in total. The predicted molar refractivity (Wildman–Crippen MR) is 94.2 cm³/mol. The second-order valence-corrected chi connectivity index (χ2v) is 6.21. The van der Waals surface area contributed by atoms with Gasteiger partial charge in [0.1, 0.15) is 0 Å². The van der Waals surface area contributed by atoms with Gasteiger partial charge in [0.2, 0.25) is 0 Å². The SMILES string of the molecule is CC(=N)/C(=C\NC1CC(CCN)C1)c1cnc2ccccc2n1. The van der Waals surface area contributed by atoms with Gasteiger partial charge in [0, 0.05) is 23.5 Å². The first-order valence-corrected chi connectivity index (χ1v) is 8.11. The number of allylic oxidation sites excluding steroid dienone is 1. The molecule has 5 heteroatoms. The number of hydrogen-bond donors (Lipinski definition) is 3. The Morgan fingerprint density at radius 3 is 2.78 bits per heavy atom. The van der Waals surface area contributed by atoms with Crippen LogP contribution in [-0.4, -0.2) is 28.3 Å². The molecule has 0 amide bonds. The Hall–Kier alpha value is -2.27. The normalized spacial score (nSPS) is 21.0. The molecule has 3 rings (SSSR count). The molecule has 0 bridgehead atoms. The van der Waals surface area contributed by atoms with Gasteiger partial charge < -0.3 is 16.5 Å². The fourth-order valence-electron chi connectivity index (χ4n) is 3.01. The van der Waals surface area contributed by atoms with E-state index in [0.29, 0.717) is 11.8 Å². The second kappa shape index (κ2) is 6.87. The molecule has 0 saturated heterocycles. The Morgan fingerprint density at radius 1 is 1.35 bits per heavy atom. The number of fused-ring (bicyclic) bond motifs is 1. The lowest BCUT2D eigenvalue weighted by atomic mass is 9.78. The van der Waals surface area contributed by atoms with Crippen molar-refractivity contribution >= 4 is 22.3 Å². The molecular formula is C18H23N5. The Kier molecular flexibility index (Phi) is 4.67. The highest BCUT2D eigenvalue weighted by Crippen LogP contribution is 2.30. The van der Waals surface area contributed by atoms with Gasteiger partial charge in [0.25, 0.3) is 0 Å². The zero-order valence-electron chi connectivity index (χ0n) is 13.4. The zero-order valence-corrected chi connectivity index (χ0v) is 13.4. The van der Waals surface area contributed by atoms with Crippen LogP contribution in [0.25, 0.3) is 16.6 Å². The van der Waals surface area contributed by atoms with Gasteiger partial charge >= 0.3 is 0 Å². The number of nitrogens with zero attached hydrogens (tertiary/aromatic N) is 2. The maximum Gasteiger partial charge on any atom is 0.0925 e. The molecule has 1 heterocycles. The standard InChI is InChI=1S/C18H23N5/c1-12(20)15(10-21-14-8-13(9-14)6-7-19)18-11-22-16-4-2-3-5-17(16)23-18/h2-5,10-11,13-14,20-21H,6-9,19H2,1H3/b15-10+,20-12?. The minimum Gasteiger partial charge on any atom is -0.388 e. The zero-order chi connectivity index (χ0) is 16.2. The molecule has 1 aliphatic rings. The van der Waals surface area contributed by atoms with Crippen LogP contribution in [-0.2, 0) is 0 Å². The number of para-hydroxylation sites is 2. The van der Waals surface area contributed by atoms with Crippen molar-refractivity contribution < 1.29 is 0 Å². The van der Waals surface area contributed by atoms with Gasteiger partial charge in [0.15, 0.2) is 0 Å². The monoisotopic (exact) mass is 309 g/mol. The molecule has 2 aromatic rings. The van der Waals surface area contributed by atoms with E-state index in [9.17, 15) is 0 Å². The summed E-state index contributed by atoms with van der Waals surface area (Å²) < 4.78 is 0. The fraction of sp³-hybridized carbons (Fsp3) is 0.389. The Balaban J connectivity index is 1.75. The van der Waals surface area contributed by atoms with E-state index in [0.717, 1.165) is 54.0 Å². The molecule has 23 heavy (non-hydrogen) atoms. The summed E-state index contributed by atoms with van der Waals surface area (Å²) in [6, 6.07) is 8.27. The topological polar surface area (TPSA) is 87.7 Å². The highest BCUT2D eigenvalue weighted by molar-refractivity contribution is 6.20. The number of benzene rings is 1. The number of rotatable bonds is 6. The van der Waals surface area contributed by atoms with Crippen LogP contribution in [0.1, 0.15) is 31.9 Å². The third kappa shape index (κ3) is 3.56. The average Bonchev–Trinajstić information content (AvgIpc) is 2.52. The molecule has 0 spiro atoms. The molecular weight excluding hydrogens is 286 g/mol. The largest absolute Gasteiger partial charge is 0.388 e. The summed E-state index contributed by atoms with van der Waals surface area (Å²) in [4.78, 5) is 9.08. The van der Waals surface area contributed by atoms with Gasteiger partial charge in [-0.15, -0.1) is 0 Å². The summed E-state index contributed by atoms with van der Waals surface area (Å²) in [5.41, 5.74) is 9.33. The first-order valence-electron chi connectivity index (χ1n) is 8.11. The summed E-state index contributed by atoms with van der Waals surface area (Å²) in [7, 11) is 0. The Labute approximate surface area is 136 Å². The van der Waals surface area contributed by atoms with Crippen molar-refractivity contribution in [1.82, 2.24) is 15.3 Å². The maximum absolute atomic E-state index is 8.03. The van der Waals surface area contributed by atoms with Crippen LogP contribution in [0.2, 0.25) is 0 Å². The summed E-state index contributed by atoms with van der Waals surface area (Å²) in [5, 5.41) is 11.5. The third-order valence-corrected chi connectivity index (χ3v) is 4.40. The maximum atomic E-state index is 8.03. The quantitative estimate of drug-likeness (QED) is 0.716. The molecule has 1 aromatic carbocycles. The average molecular weight is 309 g/mol. The second-order valence-electron chi connectivity index (χ2n) is 6.21. The minimum atomic E-state index is 0.481. The van der Waals surface area contributed by atoms with E-state index in [1.54, 1.807) is 13.1 Å². The number of nitrogens with two attached hydrogens (primary N) is 1. The van der Waals surface area contributed by atoms with E-state index in [-0.39, 0.29) is 0 Å². The van der Waals surface area contributed by atoms with Crippen LogP contribution >= 0.6 is 0 Å². The van der Waals surface area contributed by atoms with Gasteiger partial charge in [-0.05, 0) is 50.8 Å². The van der Waals surface area contributed by atoms with E-state index in [1.807, 2.05) is 30.5 Å². The van der Waals surface area contributed by atoms with E-state index in [2.05, 4.69) is 15.3 Å². The van der Waals surface area contributed by atoms with Crippen molar-refractivity contribution in [3.8, 4) is 0 Å². The van der Waals surface area contributed by atoms with Gasteiger partial charge in [-0.3, -0.25) is 4.98 Å². The van der Waals surface area contributed by atoms with Crippen molar-refractivity contribution in [2.24, 2.45) is 11.7 Å². The number of hydrogen-bond acceptors (Lipinski definition) is 5. The lowest BCUT2D eigenvalue weighted by Gasteiger charge is -2.35. The highest BCUT2D eigenvalue weighted by Gasteiger charge is 2.27. The van der Waals surface area contributed by atoms with E-state index < -0.39 is 0 Å². The van der Waals surface area contributed by atoms with Crippen LogP contribution in [0.3, 0.4) is 0 Å². The molecule has 1 aliphatic carbocycles. The van der Waals surface area contributed by atoms with Crippen LogP contribution in [0, 0.1) is 11.3 Å². The van der Waals surface area contributed by atoms with Crippen LogP contribution < -0.4 is 11.1 Å². The fourth-order valence-corrected chi connectivity index (χ4v) is 3.01. The van der Waals surface area contributed by atoms with E-state index in [1.165, 1.54) is 0 Å². The Morgan fingerprint density at radius 2 is 2.09 bits per heavy atom. The predicted octanol–water partition coefficient (Wildman–Crippen LogP) is 2.73. The summed E-state index contributed by atoms with van der Waals surface area (Å²) in [5.74, 6) is 0.746. The lowest BCUT2D eigenvalue weighted by molar-refractivity contribution is 0.229. The van der Waals surface area contributed by atoms with Crippen molar-refractivity contribution in [1.29, 1.82) is 5.41 Å². The molecule has 1 saturated carbocycles. The van der Waals surface area contributed by atoms with E-state index in [4.69, 9.17) is 11.1 Å². The van der Waals surface area contributed by atoms with Gasteiger partial charge in [-0.25, -0.2) is 4.98 Å². The summed E-state index contributed by atoms with van der Waals surface area (Å²) in [6.07, 6.45) is 7.08. The van der Waals surface area contributed by atoms with Crippen molar-refractivity contribution in [3.05, 3.63) is 42.4 Å². The first-order chi connectivity index (χ1) is 11.2. The van der Waals surface area contributed by atoms with Crippen LogP contribution in [0.4, 0.5) is 0 Å². The first kappa shape index (κ1) is 15.6. The number of nitrogens with one attached hydrogen (secondary N) is 2. The van der Waals surface area contributed by atoms with Gasteiger partial charge in [0.05, 0.1) is 22.9 Å². The molecule has 5 nitrogen and oxygen atoms in total. The number of aromatic nitrogens is 2.